The molecule has 0 aliphatic carbocycles. The van der Waals surface area contributed by atoms with Crippen LogP contribution in [0.15, 0.2) is 35.8 Å². The molecule has 0 saturated carbocycles. The van der Waals surface area contributed by atoms with E-state index in [0.29, 0.717) is 21.9 Å². The maximum Gasteiger partial charge on any atom is 0.309 e. The van der Waals surface area contributed by atoms with Gasteiger partial charge < -0.3 is 5.11 Å². The first kappa shape index (κ1) is 11.9. The Bertz CT molecular complexity index is 763. The molecule has 2 aromatic heterocycles. The first-order chi connectivity index (χ1) is 9.13. The number of hydrogen-bond donors (Lipinski definition) is 1. The minimum atomic E-state index is -0.888. The second-order valence-electron chi connectivity index (χ2n) is 4.09. The van der Waals surface area contributed by atoms with Crippen LogP contribution in [0.2, 0.25) is 0 Å². The largest absolute Gasteiger partial charge is 0.481 e. The molecule has 0 amide bonds. The lowest BCUT2D eigenvalue weighted by molar-refractivity contribution is -0.136. The summed E-state index contributed by atoms with van der Waals surface area (Å²) < 4.78 is 14.9. The van der Waals surface area contributed by atoms with Crippen LogP contribution in [0.1, 0.15) is 5.69 Å². The summed E-state index contributed by atoms with van der Waals surface area (Å²) in [6, 6.07) is 6.17. The van der Waals surface area contributed by atoms with Crippen LogP contribution in [0.5, 0.6) is 0 Å². The number of aromatic nitrogens is 2. The van der Waals surface area contributed by atoms with Gasteiger partial charge in [-0.25, -0.2) is 9.37 Å². The van der Waals surface area contributed by atoms with E-state index in [4.69, 9.17) is 5.11 Å². The van der Waals surface area contributed by atoms with E-state index in [-0.39, 0.29) is 12.2 Å². The van der Waals surface area contributed by atoms with Crippen molar-refractivity contribution < 1.29 is 14.3 Å². The number of hydrogen-bond acceptors (Lipinski definition) is 3. The molecule has 0 saturated heterocycles. The molecule has 0 fully saturated rings. The summed E-state index contributed by atoms with van der Waals surface area (Å²) in [7, 11) is 0. The summed E-state index contributed by atoms with van der Waals surface area (Å²) in [5.74, 6) is -1.21. The molecule has 0 spiro atoms. The molecule has 6 heteroatoms. The molecule has 0 aliphatic rings. The van der Waals surface area contributed by atoms with Crippen molar-refractivity contribution in [1.82, 2.24) is 9.38 Å². The molecule has 1 N–H and O–H groups in total. The van der Waals surface area contributed by atoms with Gasteiger partial charge in [0, 0.05) is 22.8 Å². The zero-order chi connectivity index (χ0) is 13.4. The summed E-state index contributed by atoms with van der Waals surface area (Å²) >= 11 is 1.37. The van der Waals surface area contributed by atoms with Crippen LogP contribution in [0, 0.1) is 5.82 Å². The van der Waals surface area contributed by atoms with E-state index < -0.39 is 5.97 Å². The van der Waals surface area contributed by atoms with Gasteiger partial charge in [-0.1, -0.05) is 12.1 Å². The number of benzene rings is 1. The lowest BCUT2D eigenvalue weighted by Gasteiger charge is -1.96. The zero-order valence-corrected chi connectivity index (χ0v) is 10.5. The molecule has 0 radical (unpaired) electrons. The van der Waals surface area contributed by atoms with E-state index >= 15 is 0 Å². The Morgan fingerprint density at radius 2 is 2.32 bits per heavy atom. The van der Waals surface area contributed by atoms with E-state index in [9.17, 15) is 9.18 Å². The van der Waals surface area contributed by atoms with Gasteiger partial charge in [0.15, 0.2) is 4.96 Å². The van der Waals surface area contributed by atoms with E-state index in [2.05, 4.69) is 4.98 Å². The minimum Gasteiger partial charge on any atom is -0.481 e. The minimum absolute atomic E-state index is 0.0566. The van der Waals surface area contributed by atoms with Gasteiger partial charge in [-0.2, -0.15) is 0 Å². The van der Waals surface area contributed by atoms with Gasteiger partial charge in [0.25, 0.3) is 0 Å². The monoisotopic (exact) mass is 276 g/mol. The summed E-state index contributed by atoms with van der Waals surface area (Å²) in [6.45, 7) is 0. The van der Waals surface area contributed by atoms with Gasteiger partial charge in [-0.15, -0.1) is 11.3 Å². The van der Waals surface area contributed by atoms with Gasteiger partial charge in [0.2, 0.25) is 0 Å². The smallest absolute Gasteiger partial charge is 0.309 e. The third kappa shape index (κ3) is 2.22. The molecule has 0 unspecified atom stereocenters. The highest BCUT2D eigenvalue weighted by molar-refractivity contribution is 7.15. The molecule has 2 heterocycles. The Morgan fingerprint density at radius 1 is 1.47 bits per heavy atom. The predicted octanol–water partition coefficient (Wildman–Crippen LogP) is 2.83. The summed E-state index contributed by atoms with van der Waals surface area (Å²) in [5, 5.41) is 10.6. The van der Waals surface area contributed by atoms with Gasteiger partial charge >= 0.3 is 5.97 Å². The normalized spacial score (nSPS) is 11.0. The Balaban J connectivity index is 2.07. The van der Waals surface area contributed by atoms with Crippen molar-refractivity contribution in [3.05, 3.63) is 47.4 Å². The number of carboxylic acid groups (broad SMARTS) is 1. The number of aliphatic carboxylic acids is 1. The third-order valence-corrected chi connectivity index (χ3v) is 3.62. The van der Waals surface area contributed by atoms with E-state index in [1.807, 2.05) is 0 Å². The summed E-state index contributed by atoms with van der Waals surface area (Å²) in [4.78, 5) is 15.8. The van der Waals surface area contributed by atoms with Crippen LogP contribution in [0.25, 0.3) is 16.2 Å². The molecule has 0 aliphatic heterocycles. The molecule has 4 nitrogen and oxygen atoms in total. The molecule has 3 rings (SSSR count). The van der Waals surface area contributed by atoms with Crippen molar-refractivity contribution in [2.45, 2.75) is 6.42 Å². The number of imidazole rings is 1. The SMILES string of the molecule is O=C(O)Cc1csc2nc(-c3cccc(F)c3)cn12. The summed E-state index contributed by atoms with van der Waals surface area (Å²) in [6.07, 6.45) is 1.68. The zero-order valence-electron chi connectivity index (χ0n) is 9.71. The molecular formula is C13H9FN2O2S. The van der Waals surface area contributed by atoms with Crippen molar-refractivity contribution >= 4 is 22.3 Å². The van der Waals surface area contributed by atoms with Crippen LogP contribution >= 0.6 is 11.3 Å². The number of nitrogens with zero attached hydrogens (tertiary/aromatic N) is 2. The van der Waals surface area contributed by atoms with Crippen LogP contribution < -0.4 is 0 Å². The average molecular weight is 276 g/mol. The lowest BCUT2D eigenvalue weighted by Crippen LogP contribution is -2.02. The van der Waals surface area contributed by atoms with Crippen LogP contribution in [-0.4, -0.2) is 20.5 Å². The van der Waals surface area contributed by atoms with E-state index in [0.717, 1.165) is 0 Å². The maximum atomic E-state index is 13.2. The van der Waals surface area contributed by atoms with Gasteiger partial charge in [0.05, 0.1) is 12.1 Å². The van der Waals surface area contributed by atoms with Crippen LogP contribution in [0.4, 0.5) is 4.39 Å². The van der Waals surface area contributed by atoms with E-state index in [1.165, 1.54) is 23.5 Å². The Labute approximate surface area is 111 Å². The first-order valence-electron chi connectivity index (χ1n) is 5.56. The maximum absolute atomic E-state index is 13.2. The van der Waals surface area contributed by atoms with Crippen molar-refractivity contribution in [2.24, 2.45) is 0 Å². The molecular weight excluding hydrogens is 267 g/mol. The fourth-order valence-electron chi connectivity index (χ4n) is 1.90. The van der Waals surface area contributed by atoms with Crippen molar-refractivity contribution in [3.8, 4) is 11.3 Å². The predicted molar refractivity (Wildman–Crippen MR) is 69.8 cm³/mol. The topological polar surface area (TPSA) is 54.6 Å². The van der Waals surface area contributed by atoms with Crippen molar-refractivity contribution in [3.63, 3.8) is 0 Å². The fraction of sp³-hybridized carbons (Fsp3) is 0.0769. The third-order valence-electron chi connectivity index (χ3n) is 2.74. The van der Waals surface area contributed by atoms with Gasteiger partial charge in [0.1, 0.15) is 5.82 Å². The van der Waals surface area contributed by atoms with Crippen LogP contribution in [0.3, 0.4) is 0 Å². The fourth-order valence-corrected chi connectivity index (χ4v) is 2.77. The molecule has 1 aromatic carbocycles. The van der Waals surface area contributed by atoms with Gasteiger partial charge in [-0.3, -0.25) is 9.20 Å². The van der Waals surface area contributed by atoms with Crippen LogP contribution in [-0.2, 0) is 11.2 Å². The Morgan fingerprint density at radius 3 is 3.05 bits per heavy atom. The number of thiazole rings is 1. The van der Waals surface area contributed by atoms with Gasteiger partial charge in [-0.05, 0) is 12.1 Å². The molecule has 96 valence electrons. The first-order valence-corrected chi connectivity index (χ1v) is 6.44. The second kappa shape index (κ2) is 4.47. The highest BCUT2D eigenvalue weighted by Gasteiger charge is 2.12. The Hall–Kier alpha value is -2.21. The van der Waals surface area contributed by atoms with Crippen molar-refractivity contribution in [2.75, 3.05) is 0 Å². The van der Waals surface area contributed by atoms with E-state index in [1.54, 1.807) is 28.1 Å². The van der Waals surface area contributed by atoms with Crippen molar-refractivity contribution in [1.29, 1.82) is 0 Å². The highest BCUT2D eigenvalue weighted by Crippen LogP contribution is 2.24. The standard InChI is InChI=1S/C13H9FN2O2S/c14-9-3-1-2-8(4-9)11-6-16-10(5-12(17)18)7-19-13(16)15-11/h1-4,6-7H,5H2,(H,17,18). The number of carboxylic acids is 1. The number of carbonyl (C=O) groups is 1. The average Bonchev–Trinajstić information content (AvgIpc) is 2.91. The number of halogens is 1. The lowest BCUT2D eigenvalue weighted by atomic mass is 10.2. The molecule has 3 aromatic rings. The number of rotatable bonds is 3. The second-order valence-corrected chi connectivity index (χ2v) is 4.92. The number of fused-ring (bicyclic) bond motifs is 1. The molecule has 19 heavy (non-hydrogen) atoms. The highest BCUT2D eigenvalue weighted by atomic mass is 32.1. The quantitative estimate of drug-likeness (QED) is 0.800. The Kier molecular flexibility index (Phi) is 2.79. The summed E-state index contributed by atoms with van der Waals surface area (Å²) in [5.41, 5.74) is 1.98. The molecule has 0 atom stereocenters. The molecule has 0 bridgehead atoms.